The molecule has 0 amide bonds. The van der Waals surface area contributed by atoms with Crippen molar-refractivity contribution in [3.63, 3.8) is 0 Å². The lowest BCUT2D eigenvalue weighted by molar-refractivity contribution is 0.210. The minimum absolute atomic E-state index is 0.655. The van der Waals surface area contributed by atoms with Gasteiger partial charge in [0.1, 0.15) is 5.82 Å². The van der Waals surface area contributed by atoms with E-state index in [9.17, 15) is 0 Å². The van der Waals surface area contributed by atoms with Crippen LogP contribution in [-0.4, -0.2) is 30.5 Å². The predicted molar refractivity (Wildman–Crippen MR) is 67.8 cm³/mol. The molecule has 0 bridgehead atoms. The van der Waals surface area contributed by atoms with Crippen LogP contribution < -0.4 is 5.32 Å². The van der Waals surface area contributed by atoms with Crippen molar-refractivity contribution in [3.05, 3.63) is 42.5 Å². The summed E-state index contributed by atoms with van der Waals surface area (Å²) in [6, 6.07) is 13.9. The van der Waals surface area contributed by atoms with Crippen molar-refractivity contribution in [3.8, 4) is 11.3 Å². The van der Waals surface area contributed by atoms with E-state index in [-0.39, 0.29) is 0 Å². The van der Waals surface area contributed by atoms with Crippen molar-refractivity contribution in [1.82, 2.24) is 10.2 Å². The molecule has 0 aliphatic heterocycles. The Morgan fingerprint density at radius 1 is 1.06 bits per heavy atom. The van der Waals surface area contributed by atoms with Crippen LogP contribution in [0.5, 0.6) is 0 Å². The van der Waals surface area contributed by atoms with Crippen LogP contribution in [0.25, 0.3) is 11.3 Å². The molecule has 0 aliphatic carbocycles. The number of nitrogens with zero attached hydrogens (tertiary/aromatic N) is 2. The van der Waals surface area contributed by atoms with Gasteiger partial charge in [-0.2, -0.15) is 0 Å². The first kappa shape index (κ1) is 11.5. The van der Waals surface area contributed by atoms with Gasteiger partial charge in [-0.05, 0) is 12.1 Å². The average molecular weight is 229 g/mol. The molecular formula is C13H15N3O. The normalized spacial score (nSPS) is 10.2. The summed E-state index contributed by atoms with van der Waals surface area (Å²) >= 11 is 0. The summed E-state index contributed by atoms with van der Waals surface area (Å²) in [5, 5.41) is 11.4. The fraction of sp³-hybridized carbons (Fsp3) is 0.231. The van der Waals surface area contributed by atoms with Gasteiger partial charge in [0.2, 0.25) is 0 Å². The molecule has 2 rings (SSSR count). The van der Waals surface area contributed by atoms with Crippen molar-refractivity contribution in [2.45, 2.75) is 0 Å². The summed E-state index contributed by atoms with van der Waals surface area (Å²) in [7, 11) is 1.67. The van der Waals surface area contributed by atoms with E-state index < -0.39 is 0 Å². The van der Waals surface area contributed by atoms with Crippen LogP contribution >= 0.6 is 0 Å². The molecular weight excluding hydrogens is 214 g/mol. The molecule has 17 heavy (non-hydrogen) atoms. The number of benzene rings is 1. The van der Waals surface area contributed by atoms with Gasteiger partial charge in [0.05, 0.1) is 12.3 Å². The third-order valence-electron chi connectivity index (χ3n) is 2.35. The van der Waals surface area contributed by atoms with E-state index in [0.717, 1.165) is 23.6 Å². The Morgan fingerprint density at radius 2 is 1.88 bits per heavy atom. The van der Waals surface area contributed by atoms with Crippen LogP contribution in [0, 0.1) is 0 Å². The maximum Gasteiger partial charge on any atom is 0.148 e. The number of hydrogen-bond acceptors (Lipinski definition) is 4. The van der Waals surface area contributed by atoms with Crippen molar-refractivity contribution >= 4 is 5.82 Å². The Labute approximate surface area is 101 Å². The van der Waals surface area contributed by atoms with Gasteiger partial charge < -0.3 is 10.1 Å². The Morgan fingerprint density at radius 3 is 2.53 bits per heavy atom. The molecule has 4 nitrogen and oxygen atoms in total. The van der Waals surface area contributed by atoms with E-state index in [1.807, 2.05) is 42.5 Å². The highest BCUT2D eigenvalue weighted by molar-refractivity contribution is 5.59. The zero-order valence-electron chi connectivity index (χ0n) is 9.76. The zero-order valence-corrected chi connectivity index (χ0v) is 9.76. The summed E-state index contributed by atoms with van der Waals surface area (Å²) in [5.74, 6) is 0.765. The lowest BCUT2D eigenvalue weighted by atomic mass is 10.1. The SMILES string of the molecule is COCCNc1ccc(-c2ccccc2)nn1. The van der Waals surface area contributed by atoms with E-state index in [0.29, 0.717) is 6.61 Å². The molecule has 0 atom stereocenters. The van der Waals surface area contributed by atoms with Crippen molar-refractivity contribution < 1.29 is 4.74 Å². The fourth-order valence-corrected chi connectivity index (χ4v) is 1.47. The molecule has 0 saturated carbocycles. The minimum atomic E-state index is 0.655. The highest BCUT2D eigenvalue weighted by atomic mass is 16.5. The van der Waals surface area contributed by atoms with Gasteiger partial charge >= 0.3 is 0 Å². The standard InChI is InChI=1S/C13H15N3O/c1-17-10-9-14-13-8-7-12(15-16-13)11-5-3-2-4-6-11/h2-8H,9-10H2,1H3,(H,14,16). The Kier molecular flexibility index (Phi) is 4.05. The molecule has 4 heteroatoms. The topological polar surface area (TPSA) is 47.0 Å². The van der Waals surface area contributed by atoms with E-state index >= 15 is 0 Å². The van der Waals surface area contributed by atoms with Crippen LogP contribution in [0.3, 0.4) is 0 Å². The van der Waals surface area contributed by atoms with E-state index in [2.05, 4.69) is 15.5 Å². The van der Waals surface area contributed by atoms with Gasteiger partial charge in [-0.25, -0.2) is 0 Å². The molecule has 2 aromatic rings. The van der Waals surface area contributed by atoms with Crippen molar-refractivity contribution in [2.24, 2.45) is 0 Å². The van der Waals surface area contributed by atoms with Crippen LogP contribution in [0.4, 0.5) is 5.82 Å². The van der Waals surface area contributed by atoms with Crippen LogP contribution in [0.1, 0.15) is 0 Å². The van der Waals surface area contributed by atoms with Gasteiger partial charge in [-0.15, -0.1) is 10.2 Å². The first-order valence-corrected chi connectivity index (χ1v) is 5.52. The van der Waals surface area contributed by atoms with E-state index in [4.69, 9.17) is 4.74 Å². The van der Waals surface area contributed by atoms with Gasteiger partial charge in [-0.1, -0.05) is 30.3 Å². The molecule has 1 aromatic heterocycles. The van der Waals surface area contributed by atoms with Crippen molar-refractivity contribution in [1.29, 1.82) is 0 Å². The third kappa shape index (κ3) is 3.26. The lowest BCUT2D eigenvalue weighted by Gasteiger charge is -2.04. The first-order chi connectivity index (χ1) is 8.40. The van der Waals surface area contributed by atoms with E-state index in [1.165, 1.54) is 0 Å². The maximum atomic E-state index is 4.95. The summed E-state index contributed by atoms with van der Waals surface area (Å²) in [6.07, 6.45) is 0. The highest BCUT2D eigenvalue weighted by Gasteiger charge is 1.99. The second kappa shape index (κ2) is 5.96. The minimum Gasteiger partial charge on any atom is -0.383 e. The molecule has 0 unspecified atom stereocenters. The van der Waals surface area contributed by atoms with Crippen LogP contribution in [0.15, 0.2) is 42.5 Å². The van der Waals surface area contributed by atoms with Gasteiger partial charge in [0.15, 0.2) is 0 Å². The summed E-state index contributed by atoms with van der Waals surface area (Å²) in [6.45, 7) is 1.39. The summed E-state index contributed by atoms with van der Waals surface area (Å²) < 4.78 is 4.95. The Balaban J connectivity index is 2.03. The molecule has 0 saturated heterocycles. The molecule has 1 heterocycles. The highest BCUT2D eigenvalue weighted by Crippen LogP contribution is 2.15. The number of anilines is 1. The molecule has 88 valence electrons. The van der Waals surface area contributed by atoms with Gasteiger partial charge in [-0.3, -0.25) is 0 Å². The number of nitrogens with one attached hydrogen (secondary N) is 1. The summed E-state index contributed by atoms with van der Waals surface area (Å²) in [4.78, 5) is 0. The molecule has 0 aliphatic rings. The van der Waals surface area contributed by atoms with Gasteiger partial charge in [0, 0.05) is 19.2 Å². The monoisotopic (exact) mass is 229 g/mol. The fourth-order valence-electron chi connectivity index (χ4n) is 1.47. The smallest absolute Gasteiger partial charge is 0.148 e. The summed E-state index contributed by atoms with van der Waals surface area (Å²) in [5.41, 5.74) is 1.95. The number of hydrogen-bond donors (Lipinski definition) is 1. The maximum absolute atomic E-state index is 4.95. The Hall–Kier alpha value is -1.94. The molecule has 0 spiro atoms. The number of aromatic nitrogens is 2. The van der Waals surface area contributed by atoms with Gasteiger partial charge in [0.25, 0.3) is 0 Å². The molecule has 1 aromatic carbocycles. The molecule has 1 N–H and O–H groups in total. The second-order valence-electron chi connectivity index (χ2n) is 3.59. The Bertz CT molecular complexity index is 442. The molecule has 0 fully saturated rings. The average Bonchev–Trinajstić information content (AvgIpc) is 2.41. The lowest BCUT2D eigenvalue weighted by Crippen LogP contribution is -2.09. The number of rotatable bonds is 5. The third-order valence-corrected chi connectivity index (χ3v) is 2.35. The quantitative estimate of drug-likeness (QED) is 0.798. The number of ether oxygens (including phenoxy) is 1. The largest absolute Gasteiger partial charge is 0.383 e. The first-order valence-electron chi connectivity index (χ1n) is 5.52. The second-order valence-corrected chi connectivity index (χ2v) is 3.59. The van der Waals surface area contributed by atoms with Crippen LogP contribution in [-0.2, 0) is 4.74 Å². The van der Waals surface area contributed by atoms with Crippen molar-refractivity contribution in [2.75, 3.05) is 25.6 Å². The predicted octanol–water partition coefficient (Wildman–Crippen LogP) is 2.20. The van der Waals surface area contributed by atoms with E-state index in [1.54, 1.807) is 7.11 Å². The molecule has 0 radical (unpaired) electrons. The number of methoxy groups -OCH3 is 1. The zero-order chi connectivity index (χ0) is 11.9. The van der Waals surface area contributed by atoms with Crippen LogP contribution in [0.2, 0.25) is 0 Å².